The highest BCUT2D eigenvalue weighted by Crippen LogP contribution is 2.15. The van der Waals surface area contributed by atoms with Crippen molar-refractivity contribution in [2.45, 2.75) is 13.5 Å². The molecule has 0 saturated heterocycles. The second kappa shape index (κ2) is 7.92. The molecule has 2 aromatic rings. The summed E-state index contributed by atoms with van der Waals surface area (Å²) in [6, 6.07) is 13.9. The standard InChI is InChI=1S/C18H18N2O4/c1-12-7-9-13(10-8-12)11-19-16(21)17(22)20-15-6-4-3-5-14(15)18(23)24-2/h3-10H,11H2,1-2H3,(H,19,21)(H,20,22). The maximum atomic E-state index is 12.0. The minimum absolute atomic E-state index is 0.180. The maximum absolute atomic E-state index is 12.0. The second-order valence-corrected chi connectivity index (χ2v) is 5.16. The topological polar surface area (TPSA) is 84.5 Å². The van der Waals surface area contributed by atoms with Gasteiger partial charge in [-0.15, -0.1) is 0 Å². The molecular formula is C18H18N2O4. The summed E-state index contributed by atoms with van der Waals surface area (Å²) < 4.78 is 4.64. The third-order valence-electron chi connectivity index (χ3n) is 3.36. The quantitative estimate of drug-likeness (QED) is 0.665. The molecule has 2 rings (SSSR count). The first kappa shape index (κ1) is 17.2. The Morgan fingerprint density at radius 3 is 2.29 bits per heavy atom. The van der Waals surface area contributed by atoms with Crippen LogP contribution in [0.1, 0.15) is 21.5 Å². The average Bonchev–Trinajstić information content (AvgIpc) is 2.60. The summed E-state index contributed by atoms with van der Waals surface area (Å²) in [6.07, 6.45) is 0. The van der Waals surface area contributed by atoms with E-state index >= 15 is 0 Å². The van der Waals surface area contributed by atoms with Crippen molar-refractivity contribution >= 4 is 23.5 Å². The number of amides is 2. The van der Waals surface area contributed by atoms with Gasteiger partial charge in [0.1, 0.15) is 0 Å². The first-order chi connectivity index (χ1) is 11.5. The Labute approximate surface area is 139 Å². The van der Waals surface area contributed by atoms with Gasteiger partial charge in [-0.3, -0.25) is 9.59 Å². The number of methoxy groups -OCH3 is 1. The van der Waals surface area contributed by atoms with Gasteiger partial charge in [-0.25, -0.2) is 4.79 Å². The number of ether oxygens (including phenoxy) is 1. The molecule has 0 atom stereocenters. The van der Waals surface area contributed by atoms with Crippen LogP contribution >= 0.6 is 0 Å². The van der Waals surface area contributed by atoms with Crippen molar-refractivity contribution in [3.8, 4) is 0 Å². The fraction of sp³-hybridized carbons (Fsp3) is 0.167. The van der Waals surface area contributed by atoms with Gasteiger partial charge in [-0.2, -0.15) is 0 Å². The van der Waals surface area contributed by atoms with E-state index in [4.69, 9.17) is 0 Å². The summed E-state index contributed by atoms with van der Waals surface area (Å²) in [7, 11) is 1.25. The molecule has 0 spiro atoms. The molecule has 0 heterocycles. The van der Waals surface area contributed by atoms with Crippen LogP contribution in [-0.4, -0.2) is 24.9 Å². The van der Waals surface area contributed by atoms with Crippen LogP contribution in [0.5, 0.6) is 0 Å². The molecular weight excluding hydrogens is 308 g/mol. The van der Waals surface area contributed by atoms with Crippen molar-refractivity contribution in [3.63, 3.8) is 0 Å². The fourth-order valence-corrected chi connectivity index (χ4v) is 2.03. The van der Waals surface area contributed by atoms with Crippen LogP contribution in [0.3, 0.4) is 0 Å². The number of para-hydroxylation sites is 1. The lowest BCUT2D eigenvalue weighted by atomic mass is 10.1. The van der Waals surface area contributed by atoms with E-state index in [9.17, 15) is 14.4 Å². The molecule has 0 unspecified atom stereocenters. The molecule has 6 heteroatoms. The predicted molar refractivity (Wildman–Crippen MR) is 89.4 cm³/mol. The molecule has 2 aromatic carbocycles. The summed E-state index contributed by atoms with van der Waals surface area (Å²) in [5.74, 6) is -2.22. The summed E-state index contributed by atoms with van der Waals surface area (Å²) >= 11 is 0. The summed E-state index contributed by atoms with van der Waals surface area (Å²) in [6.45, 7) is 2.21. The van der Waals surface area contributed by atoms with Crippen molar-refractivity contribution in [1.82, 2.24) is 5.32 Å². The first-order valence-corrected chi connectivity index (χ1v) is 7.33. The molecule has 124 valence electrons. The van der Waals surface area contributed by atoms with Crippen LogP contribution in [-0.2, 0) is 20.9 Å². The highest BCUT2D eigenvalue weighted by atomic mass is 16.5. The molecule has 0 aromatic heterocycles. The van der Waals surface area contributed by atoms with E-state index in [2.05, 4.69) is 15.4 Å². The lowest BCUT2D eigenvalue weighted by Crippen LogP contribution is -2.35. The highest BCUT2D eigenvalue weighted by molar-refractivity contribution is 6.39. The Morgan fingerprint density at radius 1 is 0.958 bits per heavy atom. The molecule has 0 aliphatic heterocycles. The van der Waals surface area contributed by atoms with Gasteiger partial charge in [0, 0.05) is 6.54 Å². The zero-order valence-electron chi connectivity index (χ0n) is 13.5. The Hall–Kier alpha value is -3.15. The molecule has 24 heavy (non-hydrogen) atoms. The third kappa shape index (κ3) is 4.42. The molecule has 0 fully saturated rings. The second-order valence-electron chi connectivity index (χ2n) is 5.16. The van der Waals surface area contributed by atoms with Crippen LogP contribution in [0.15, 0.2) is 48.5 Å². The molecule has 0 aliphatic carbocycles. The summed E-state index contributed by atoms with van der Waals surface area (Å²) in [4.78, 5) is 35.5. The number of hydrogen-bond donors (Lipinski definition) is 2. The van der Waals surface area contributed by atoms with E-state index in [0.29, 0.717) is 0 Å². The number of anilines is 1. The van der Waals surface area contributed by atoms with Gasteiger partial charge in [-0.1, -0.05) is 42.0 Å². The van der Waals surface area contributed by atoms with Crippen LogP contribution in [0.4, 0.5) is 5.69 Å². The fourth-order valence-electron chi connectivity index (χ4n) is 2.03. The smallest absolute Gasteiger partial charge is 0.339 e. The predicted octanol–water partition coefficient (Wildman–Crippen LogP) is 2.04. The van der Waals surface area contributed by atoms with Crippen molar-refractivity contribution in [2.24, 2.45) is 0 Å². The van der Waals surface area contributed by atoms with Crippen LogP contribution in [0, 0.1) is 6.92 Å². The molecule has 6 nitrogen and oxygen atoms in total. The van der Waals surface area contributed by atoms with Gasteiger partial charge in [0.2, 0.25) is 0 Å². The number of aryl methyl sites for hydroxylation is 1. The number of benzene rings is 2. The van der Waals surface area contributed by atoms with Gasteiger partial charge in [0.05, 0.1) is 18.4 Å². The number of esters is 1. The molecule has 0 bridgehead atoms. The number of carbonyl (C=O) groups excluding carboxylic acids is 3. The zero-order valence-corrected chi connectivity index (χ0v) is 13.5. The number of rotatable bonds is 4. The molecule has 2 amide bonds. The Balaban J connectivity index is 1.98. The minimum Gasteiger partial charge on any atom is -0.465 e. The summed E-state index contributed by atoms with van der Waals surface area (Å²) in [5.41, 5.74) is 2.40. The van der Waals surface area contributed by atoms with E-state index in [1.54, 1.807) is 12.1 Å². The lowest BCUT2D eigenvalue weighted by Gasteiger charge is -2.10. The highest BCUT2D eigenvalue weighted by Gasteiger charge is 2.17. The van der Waals surface area contributed by atoms with Gasteiger partial charge < -0.3 is 15.4 Å². The number of carbonyl (C=O) groups is 3. The molecule has 2 N–H and O–H groups in total. The first-order valence-electron chi connectivity index (χ1n) is 7.33. The van der Waals surface area contributed by atoms with E-state index in [1.165, 1.54) is 19.2 Å². The largest absolute Gasteiger partial charge is 0.465 e. The maximum Gasteiger partial charge on any atom is 0.339 e. The normalized spacial score (nSPS) is 9.92. The zero-order chi connectivity index (χ0) is 17.5. The van der Waals surface area contributed by atoms with Crippen LogP contribution < -0.4 is 10.6 Å². The van der Waals surface area contributed by atoms with Crippen LogP contribution in [0.2, 0.25) is 0 Å². The molecule has 0 aliphatic rings. The van der Waals surface area contributed by atoms with Crippen molar-refractivity contribution < 1.29 is 19.1 Å². The Kier molecular flexibility index (Phi) is 5.68. The van der Waals surface area contributed by atoms with E-state index < -0.39 is 17.8 Å². The molecule has 0 saturated carbocycles. The number of hydrogen-bond acceptors (Lipinski definition) is 4. The Bertz CT molecular complexity index is 754. The van der Waals surface area contributed by atoms with Crippen molar-refractivity contribution in [2.75, 3.05) is 12.4 Å². The monoisotopic (exact) mass is 326 g/mol. The van der Waals surface area contributed by atoms with Crippen molar-refractivity contribution in [3.05, 3.63) is 65.2 Å². The number of nitrogens with one attached hydrogen (secondary N) is 2. The van der Waals surface area contributed by atoms with Crippen LogP contribution in [0.25, 0.3) is 0 Å². The van der Waals surface area contributed by atoms with Gasteiger partial charge in [0.25, 0.3) is 0 Å². The van der Waals surface area contributed by atoms with E-state index in [0.717, 1.165) is 11.1 Å². The van der Waals surface area contributed by atoms with Gasteiger partial charge in [0.15, 0.2) is 0 Å². The SMILES string of the molecule is COC(=O)c1ccccc1NC(=O)C(=O)NCc1ccc(C)cc1. The van der Waals surface area contributed by atoms with Crippen molar-refractivity contribution in [1.29, 1.82) is 0 Å². The molecule has 0 radical (unpaired) electrons. The average molecular weight is 326 g/mol. The van der Waals surface area contributed by atoms with Gasteiger partial charge in [-0.05, 0) is 24.6 Å². The minimum atomic E-state index is -0.849. The van der Waals surface area contributed by atoms with E-state index in [-0.39, 0.29) is 17.8 Å². The Morgan fingerprint density at radius 2 is 1.62 bits per heavy atom. The van der Waals surface area contributed by atoms with E-state index in [1.807, 2.05) is 31.2 Å². The van der Waals surface area contributed by atoms with Gasteiger partial charge >= 0.3 is 17.8 Å². The summed E-state index contributed by atoms with van der Waals surface area (Å²) in [5, 5.41) is 4.95. The third-order valence-corrected chi connectivity index (χ3v) is 3.36. The lowest BCUT2D eigenvalue weighted by molar-refractivity contribution is -0.136.